The SMILES string of the molecule is O=C(NC(C(=O)O)c1ccc(Br)cn1)OCC1c2ccccc2-c2ccccc21. The summed E-state index contributed by atoms with van der Waals surface area (Å²) in [5.41, 5.74) is 4.64. The molecule has 0 fully saturated rings. The lowest BCUT2D eigenvalue weighted by Gasteiger charge is -2.17. The fourth-order valence-corrected chi connectivity index (χ4v) is 3.81. The van der Waals surface area contributed by atoms with Gasteiger partial charge in [0.05, 0.1) is 5.69 Å². The van der Waals surface area contributed by atoms with Crippen LogP contribution >= 0.6 is 15.9 Å². The standard InChI is InChI=1S/C22H17BrN2O4/c23-13-9-10-19(24-11-13)20(21(26)27)25-22(28)29-12-18-16-7-3-1-5-14(16)15-6-2-4-8-17(15)18/h1-11,18,20H,12H2,(H,25,28)(H,26,27). The highest BCUT2D eigenvalue weighted by molar-refractivity contribution is 9.10. The molecule has 4 rings (SSSR count). The first-order chi connectivity index (χ1) is 14.0. The van der Waals surface area contributed by atoms with Crippen LogP contribution in [0.4, 0.5) is 4.79 Å². The van der Waals surface area contributed by atoms with Crippen molar-refractivity contribution in [3.63, 3.8) is 0 Å². The van der Waals surface area contributed by atoms with Crippen LogP contribution in [0.1, 0.15) is 28.8 Å². The molecule has 29 heavy (non-hydrogen) atoms. The molecule has 0 saturated carbocycles. The van der Waals surface area contributed by atoms with E-state index in [-0.39, 0.29) is 18.2 Å². The first-order valence-corrected chi connectivity index (χ1v) is 9.79. The maximum atomic E-state index is 12.3. The smallest absolute Gasteiger partial charge is 0.408 e. The Labute approximate surface area is 175 Å². The Morgan fingerprint density at radius 1 is 1.03 bits per heavy atom. The van der Waals surface area contributed by atoms with Crippen molar-refractivity contribution in [2.45, 2.75) is 12.0 Å². The summed E-state index contributed by atoms with van der Waals surface area (Å²) in [7, 11) is 0. The minimum atomic E-state index is -1.29. The van der Waals surface area contributed by atoms with Crippen molar-refractivity contribution < 1.29 is 19.4 Å². The van der Waals surface area contributed by atoms with Gasteiger partial charge in [-0.3, -0.25) is 4.98 Å². The van der Waals surface area contributed by atoms with E-state index < -0.39 is 18.1 Å². The number of hydrogen-bond donors (Lipinski definition) is 2. The van der Waals surface area contributed by atoms with Gasteiger partial charge in [0.15, 0.2) is 6.04 Å². The molecule has 1 atom stereocenters. The van der Waals surface area contributed by atoms with Gasteiger partial charge in [-0.2, -0.15) is 0 Å². The van der Waals surface area contributed by atoms with Crippen molar-refractivity contribution >= 4 is 28.0 Å². The lowest BCUT2D eigenvalue weighted by Crippen LogP contribution is -2.35. The molecule has 2 aromatic carbocycles. The molecular formula is C22H17BrN2O4. The Balaban J connectivity index is 1.48. The van der Waals surface area contributed by atoms with Crippen molar-refractivity contribution in [1.82, 2.24) is 10.3 Å². The maximum Gasteiger partial charge on any atom is 0.408 e. The summed E-state index contributed by atoms with van der Waals surface area (Å²) < 4.78 is 6.13. The van der Waals surface area contributed by atoms with E-state index in [2.05, 4.69) is 26.2 Å². The molecule has 146 valence electrons. The van der Waals surface area contributed by atoms with Gasteiger partial charge in [0.25, 0.3) is 0 Å². The topological polar surface area (TPSA) is 88.5 Å². The first-order valence-electron chi connectivity index (χ1n) is 9.00. The van der Waals surface area contributed by atoms with E-state index in [1.807, 2.05) is 48.5 Å². The predicted octanol–water partition coefficient (Wildman–Crippen LogP) is 4.51. The highest BCUT2D eigenvalue weighted by atomic mass is 79.9. The van der Waals surface area contributed by atoms with E-state index >= 15 is 0 Å². The summed E-state index contributed by atoms with van der Waals surface area (Å²) in [5, 5.41) is 11.8. The van der Waals surface area contributed by atoms with Crippen LogP contribution in [0.2, 0.25) is 0 Å². The van der Waals surface area contributed by atoms with E-state index in [9.17, 15) is 14.7 Å². The number of carbonyl (C=O) groups excluding carboxylic acids is 1. The van der Waals surface area contributed by atoms with Crippen molar-refractivity contribution in [3.05, 3.63) is 88.2 Å². The minimum Gasteiger partial charge on any atom is -0.479 e. The lowest BCUT2D eigenvalue weighted by molar-refractivity contribution is -0.139. The van der Waals surface area contributed by atoms with Gasteiger partial charge in [-0.15, -0.1) is 0 Å². The third-order valence-corrected chi connectivity index (χ3v) is 5.37. The number of rotatable bonds is 5. The molecule has 1 heterocycles. The Kier molecular flexibility index (Phi) is 5.31. The average molecular weight is 453 g/mol. The number of nitrogens with zero attached hydrogens (tertiary/aromatic N) is 1. The molecule has 3 aromatic rings. The van der Waals surface area contributed by atoms with Gasteiger partial charge < -0.3 is 15.2 Å². The number of halogens is 1. The quantitative estimate of drug-likeness (QED) is 0.594. The second kappa shape index (κ2) is 8.05. The van der Waals surface area contributed by atoms with Gasteiger partial charge in [-0.05, 0) is 50.3 Å². The van der Waals surface area contributed by atoms with Crippen molar-refractivity contribution in [2.24, 2.45) is 0 Å². The van der Waals surface area contributed by atoms with Gasteiger partial charge >= 0.3 is 12.1 Å². The number of hydrogen-bond acceptors (Lipinski definition) is 4. The number of carbonyl (C=O) groups is 2. The van der Waals surface area contributed by atoms with Crippen LogP contribution in [0.25, 0.3) is 11.1 Å². The summed E-state index contributed by atoms with van der Waals surface area (Å²) in [6.45, 7) is 0.111. The molecule has 1 aliphatic rings. The third-order valence-electron chi connectivity index (χ3n) is 4.90. The number of aromatic nitrogens is 1. The molecule has 1 aliphatic carbocycles. The lowest BCUT2D eigenvalue weighted by atomic mass is 9.98. The average Bonchev–Trinajstić information content (AvgIpc) is 3.05. The number of aliphatic carboxylic acids is 1. The first kappa shape index (κ1) is 19.1. The summed E-state index contributed by atoms with van der Waals surface area (Å²) in [5.74, 6) is -1.31. The number of amides is 1. The van der Waals surface area contributed by atoms with Crippen LogP contribution < -0.4 is 5.32 Å². The Morgan fingerprint density at radius 3 is 2.21 bits per heavy atom. The number of ether oxygens (including phenoxy) is 1. The van der Waals surface area contributed by atoms with E-state index in [0.29, 0.717) is 4.47 Å². The number of carboxylic acid groups (broad SMARTS) is 1. The zero-order valence-corrected chi connectivity index (χ0v) is 16.8. The van der Waals surface area contributed by atoms with Crippen LogP contribution in [0.15, 0.2) is 71.3 Å². The second-order valence-corrected chi connectivity index (χ2v) is 7.56. The highest BCUT2D eigenvalue weighted by Gasteiger charge is 2.30. The Hall–Kier alpha value is -3.19. The van der Waals surface area contributed by atoms with Gasteiger partial charge in [0, 0.05) is 16.6 Å². The summed E-state index contributed by atoms with van der Waals surface area (Å²) in [6, 6.07) is 17.9. The number of pyridine rings is 1. The van der Waals surface area contributed by atoms with Crippen LogP contribution in [0, 0.1) is 0 Å². The van der Waals surface area contributed by atoms with Gasteiger partial charge in [-0.1, -0.05) is 48.5 Å². The molecule has 6 nitrogen and oxygen atoms in total. The molecule has 0 aliphatic heterocycles. The zero-order valence-electron chi connectivity index (χ0n) is 15.2. The van der Waals surface area contributed by atoms with E-state index in [1.165, 1.54) is 12.3 Å². The number of nitrogens with one attached hydrogen (secondary N) is 1. The molecule has 0 saturated heterocycles. The monoisotopic (exact) mass is 452 g/mol. The molecule has 0 spiro atoms. The van der Waals surface area contributed by atoms with E-state index in [0.717, 1.165) is 22.3 Å². The van der Waals surface area contributed by atoms with Crippen molar-refractivity contribution in [3.8, 4) is 11.1 Å². The van der Waals surface area contributed by atoms with Crippen LogP contribution in [-0.2, 0) is 9.53 Å². The van der Waals surface area contributed by atoms with Crippen LogP contribution in [0.3, 0.4) is 0 Å². The van der Waals surface area contributed by atoms with Crippen molar-refractivity contribution in [2.75, 3.05) is 6.61 Å². The summed E-state index contributed by atoms with van der Waals surface area (Å²) in [6.07, 6.45) is 0.675. The number of carboxylic acids is 1. The van der Waals surface area contributed by atoms with Crippen LogP contribution in [-0.4, -0.2) is 28.8 Å². The largest absolute Gasteiger partial charge is 0.479 e. The number of alkyl carbamates (subject to hydrolysis) is 1. The molecule has 1 unspecified atom stereocenters. The molecule has 0 bridgehead atoms. The molecule has 2 N–H and O–H groups in total. The van der Waals surface area contributed by atoms with Crippen molar-refractivity contribution in [1.29, 1.82) is 0 Å². The zero-order chi connectivity index (χ0) is 20.4. The fourth-order valence-electron chi connectivity index (χ4n) is 3.58. The van der Waals surface area contributed by atoms with Gasteiger partial charge in [-0.25, -0.2) is 9.59 Å². The molecule has 1 aromatic heterocycles. The predicted molar refractivity (Wildman–Crippen MR) is 111 cm³/mol. The highest BCUT2D eigenvalue weighted by Crippen LogP contribution is 2.44. The number of benzene rings is 2. The van der Waals surface area contributed by atoms with Gasteiger partial charge in [0.2, 0.25) is 0 Å². The normalized spacial score (nSPS) is 13.3. The molecule has 7 heteroatoms. The van der Waals surface area contributed by atoms with E-state index in [1.54, 1.807) is 6.07 Å². The van der Waals surface area contributed by atoms with Crippen LogP contribution in [0.5, 0.6) is 0 Å². The fraction of sp³-hybridized carbons (Fsp3) is 0.136. The molecule has 1 amide bonds. The Morgan fingerprint density at radius 2 is 1.66 bits per heavy atom. The Bertz CT molecular complexity index is 1020. The van der Waals surface area contributed by atoms with Gasteiger partial charge in [0.1, 0.15) is 6.61 Å². The van der Waals surface area contributed by atoms with E-state index in [4.69, 9.17) is 4.74 Å². The molecule has 0 radical (unpaired) electrons. The number of fused-ring (bicyclic) bond motifs is 3. The second-order valence-electron chi connectivity index (χ2n) is 6.64. The third kappa shape index (κ3) is 3.86. The molecular weight excluding hydrogens is 436 g/mol. The minimum absolute atomic E-state index is 0.0952. The maximum absolute atomic E-state index is 12.3. The summed E-state index contributed by atoms with van der Waals surface area (Å²) in [4.78, 5) is 28.0. The summed E-state index contributed by atoms with van der Waals surface area (Å²) >= 11 is 3.25.